The Morgan fingerprint density at radius 3 is 2.43 bits per heavy atom. The topological polar surface area (TPSA) is 127 Å². The quantitative estimate of drug-likeness (QED) is 0.525. The molecule has 2 heterocycles. The third kappa shape index (κ3) is 4.17. The Kier molecular flexibility index (Phi) is 5.87. The molecule has 0 aliphatic carbocycles. The van der Waals surface area contributed by atoms with E-state index in [0.29, 0.717) is 16.5 Å². The van der Waals surface area contributed by atoms with Gasteiger partial charge in [-0.25, -0.2) is 9.59 Å². The first-order chi connectivity index (χ1) is 14.3. The largest absolute Gasteiger partial charge is 0.507 e. The predicted octanol–water partition coefficient (Wildman–Crippen LogP) is 3.49. The van der Waals surface area contributed by atoms with Crippen LogP contribution < -0.4 is 16.0 Å². The van der Waals surface area contributed by atoms with Gasteiger partial charge in [-0.15, -0.1) is 0 Å². The Bertz CT molecular complexity index is 1330. The SMILES string of the molecule is COc1cc(O)c2c(=O)oc(C(C)C(=O)O)cc2c1.O=c1occc2ccccc12. The average Bonchev–Trinajstić information content (AvgIpc) is 2.73. The van der Waals surface area contributed by atoms with Crippen LogP contribution in [-0.2, 0) is 4.79 Å². The number of rotatable bonds is 3. The Morgan fingerprint density at radius 1 is 1.03 bits per heavy atom. The van der Waals surface area contributed by atoms with Crippen LogP contribution in [0.1, 0.15) is 18.6 Å². The molecule has 1 unspecified atom stereocenters. The lowest BCUT2D eigenvalue weighted by Gasteiger charge is -2.08. The van der Waals surface area contributed by atoms with Gasteiger partial charge in [-0.3, -0.25) is 4.79 Å². The van der Waals surface area contributed by atoms with E-state index in [1.165, 1.54) is 38.5 Å². The van der Waals surface area contributed by atoms with Crippen LogP contribution >= 0.6 is 0 Å². The van der Waals surface area contributed by atoms with Crippen LogP contribution in [0.25, 0.3) is 21.5 Å². The third-order valence-corrected chi connectivity index (χ3v) is 4.47. The molecule has 0 saturated heterocycles. The predicted molar refractivity (Wildman–Crippen MR) is 109 cm³/mol. The summed E-state index contributed by atoms with van der Waals surface area (Å²) >= 11 is 0. The highest BCUT2D eigenvalue weighted by Gasteiger charge is 2.19. The highest BCUT2D eigenvalue weighted by molar-refractivity contribution is 5.89. The van der Waals surface area contributed by atoms with E-state index in [9.17, 15) is 19.5 Å². The molecule has 0 saturated carbocycles. The number of phenols is 1. The summed E-state index contributed by atoms with van der Waals surface area (Å²) in [5, 5.41) is 20.6. The first kappa shape index (κ1) is 20.7. The molecular formula is C22H18O8. The van der Waals surface area contributed by atoms with Crippen molar-refractivity contribution in [2.45, 2.75) is 12.8 Å². The first-order valence-corrected chi connectivity index (χ1v) is 8.86. The molecule has 0 aliphatic rings. The zero-order chi connectivity index (χ0) is 21.8. The summed E-state index contributed by atoms with van der Waals surface area (Å²) in [6, 6.07) is 13.4. The highest BCUT2D eigenvalue weighted by Crippen LogP contribution is 2.29. The van der Waals surface area contributed by atoms with Crippen molar-refractivity contribution in [3.8, 4) is 11.5 Å². The smallest absolute Gasteiger partial charge is 0.347 e. The minimum atomic E-state index is -1.10. The van der Waals surface area contributed by atoms with Gasteiger partial charge in [-0.05, 0) is 42.0 Å². The van der Waals surface area contributed by atoms with E-state index in [0.717, 1.165) is 5.39 Å². The van der Waals surface area contributed by atoms with E-state index in [2.05, 4.69) is 4.42 Å². The van der Waals surface area contributed by atoms with E-state index >= 15 is 0 Å². The van der Waals surface area contributed by atoms with Crippen molar-refractivity contribution in [3.63, 3.8) is 0 Å². The number of carboxylic acid groups (broad SMARTS) is 1. The Hall–Kier alpha value is -4.07. The van der Waals surface area contributed by atoms with E-state index in [1.54, 1.807) is 12.1 Å². The summed E-state index contributed by atoms with van der Waals surface area (Å²) in [5.74, 6) is -1.93. The summed E-state index contributed by atoms with van der Waals surface area (Å²) in [4.78, 5) is 33.7. The van der Waals surface area contributed by atoms with E-state index in [-0.39, 0.29) is 22.5 Å². The second-order valence-corrected chi connectivity index (χ2v) is 6.40. The van der Waals surface area contributed by atoms with Crippen LogP contribution in [0.4, 0.5) is 0 Å². The molecule has 1 atom stereocenters. The van der Waals surface area contributed by atoms with Crippen LogP contribution in [0.5, 0.6) is 11.5 Å². The van der Waals surface area contributed by atoms with Crippen LogP contribution in [-0.4, -0.2) is 23.3 Å². The van der Waals surface area contributed by atoms with Gasteiger partial charge in [0.25, 0.3) is 0 Å². The maximum atomic E-state index is 11.8. The average molecular weight is 410 g/mol. The monoisotopic (exact) mass is 410 g/mol. The Labute approximate surface area is 169 Å². The number of aliphatic carboxylic acids is 1. The van der Waals surface area contributed by atoms with Gasteiger partial charge in [0.2, 0.25) is 0 Å². The lowest BCUT2D eigenvalue weighted by molar-refractivity contribution is -0.138. The molecule has 0 bridgehead atoms. The standard InChI is InChI=1S/C13H12O6.C9H6O2/c1-6(12(15)16)10-4-7-3-8(18-2)5-9(14)11(7)13(17)19-10;10-9-8-4-2-1-3-7(8)5-6-11-9/h3-6,14H,1-2H3,(H,15,16);1-6H. The number of carboxylic acids is 1. The fourth-order valence-corrected chi connectivity index (χ4v) is 2.81. The molecule has 4 rings (SSSR count). The van der Waals surface area contributed by atoms with E-state index < -0.39 is 17.5 Å². The molecule has 30 heavy (non-hydrogen) atoms. The van der Waals surface area contributed by atoms with Crippen molar-refractivity contribution in [3.05, 3.63) is 81.4 Å². The van der Waals surface area contributed by atoms with Gasteiger partial charge in [0.15, 0.2) is 0 Å². The number of benzene rings is 2. The van der Waals surface area contributed by atoms with Crippen molar-refractivity contribution in [1.29, 1.82) is 0 Å². The zero-order valence-corrected chi connectivity index (χ0v) is 16.1. The number of phenolic OH excluding ortho intramolecular Hbond substituents is 1. The third-order valence-electron chi connectivity index (χ3n) is 4.47. The van der Waals surface area contributed by atoms with E-state index in [4.69, 9.17) is 14.3 Å². The number of fused-ring (bicyclic) bond motifs is 2. The number of ether oxygens (including phenoxy) is 1. The van der Waals surface area contributed by atoms with Gasteiger partial charge < -0.3 is 23.8 Å². The minimum Gasteiger partial charge on any atom is -0.507 e. The molecule has 2 N–H and O–H groups in total. The van der Waals surface area contributed by atoms with Gasteiger partial charge in [0, 0.05) is 6.07 Å². The van der Waals surface area contributed by atoms with Gasteiger partial charge in [0.1, 0.15) is 28.6 Å². The summed E-state index contributed by atoms with van der Waals surface area (Å²) in [6.07, 6.45) is 1.41. The van der Waals surface area contributed by atoms with Crippen molar-refractivity contribution >= 4 is 27.5 Å². The summed E-state index contributed by atoms with van der Waals surface area (Å²) in [6.45, 7) is 1.41. The summed E-state index contributed by atoms with van der Waals surface area (Å²) in [7, 11) is 1.42. The second kappa shape index (κ2) is 8.52. The second-order valence-electron chi connectivity index (χ2n) is 6.40. The lowest BCUT2D eigenvalue weighted by atomic mass is 10.1. The molecule has 0 aliphatic heterocycles. The first-order valence-electron chi connectivity index (χ1n) is 8.86. The summed E-state index contributed by atoms with van der Waals surface area (Å²) < 4.78 is 14.6. The number of carbonyl (C=O) groups is 1. The maximum absolute atomic E-state index is 11.8. The number of hydrogen-bond donors (Lipinski definition) is 2. The van der Waals surface area contributed by atoms with Crippen molar-refractivity contribution in [2.24, 2.45) is 0 Å². The minimum absolute atomic E-state index is 0.00198. The molecule has 0 fully saturated rings. The van der Waals surface area contributed by atoms with E-state index in [1.807, 2.05) is 18.2 Å². The van der Waals surface area contributed by atoms with Crippen LogP contribution in [0.2, 0.25) is 0 Å². The van der Waals surface area contributed by atoms with Crippen molar-refractivity contribution < 1.29 is 28.6 Å². The molecule has 8 nitrogen and oxygen atoms in total. The van der Waals surface area contributed by atoms with Crippen molar-refractivity contribution in [1.82, 2.24) is 0 Å². The van der Waals surface area contributed by atoms with Crippen molar-refractivity contribution in [2.75, 3.05) is 7.11 Å². The molecule has 0 spiro atoms. The highest BCUT2D eigenvalue weighted by atomic mass is 16.5. The van der Waals surface area contributed by atoms with Gasteiger partial charge in [-0.1, -0.05) is 18.2 Å². The fourth-order valence-electron chi connectivity index (χ4n) is 2.81. The van der Waals surface area contributed by atoms with Crippen LogP contribution in [0.3, 0.4) is 0 Å². The fraction of sp³-hybridized carbons (Fsp3) is 0.136. The molecule has 2 aromatic carbocycles. The maximum Gasteiger partial charge on any atom is 0.347 e. The van der Waals surface area contributed by atoms with Gasteiger partial charge >= 0.3 is 17.2 Å². The number of aromatic hydroxyl groups is 1. The Balaban J connectivity index is 0.000000196. The lowest BCUT2D eigenvalue weighted by Crippen LogP contribution is -2.11. The number of hydrogen-bond acceptors (Lipinski definition) is 7. The molecule has 0 radical (unpaired) electrons. The number of methoxy groups -OCH3 is 1. The van der Waals surface area contributed by atoms with Gasteiger partial charge in [0.05, 0.1) is 18.8 Å². The molecule has 8 heteroatoms. The summed E-state index contributed by atoms with van der Waals surface area (Å²) in [5.41, 5.74) is -1.05. The van der Waals surface area contributed by atoms with Crippen LogP contribution in [0, 0.1) is 0 Å². The molecule has 2 aromatic heterocycles. The van der Waals surface area contributed by atoms with Gasteiger partial charge in [-0.2, -0.15) is 0 Å². The normalized spacial score (nSPS) is 11.5. The Morgan fingerprint density at radius 2 is 1.77 bits per heavy atom. The molecule has 154 valence electrons. The van der Waals surface area contributed by atoms with Crippen LogP contribution in [0.15, 0.2) is 73.2 Å². The molecular weight excluding hydrogens is 392 g/mol. The zero-order valence-electron chi connectivity index (χ0n) is 16.1. The molecule has 0 amide bonds. The molecule has 4 aromatic rings.